The summed E-state index contributed by atoms with van der Waals surface area (Å²) in [6.07, 6.45) is 3.64. The molecule has 120 valence electrons. The maximum absolute atomic E-state index is 10.4. The van der Waals surface area contributed by atoms with Crippen LogP contribution < -0.4 is 0 Å². The van der Waals surface area contributed by atoms with E-state index in [0.717, 1.165) is 31.5 Å². The fraction of sp³-hybridized carbons (Fsp3) is 0.444. The molecule has 1 saturated heterocycles. The molecule has 2 N–H and O–H groups in total. The Hall–Kier alpha value is -2.16. The van der Waals surface area contributed by atoms with Crippen LogP contribution in [-0.2, 0) is 0 Å². The number of piperidine rings is 1. The van der Waals surface area contributed by atoms with E-state index in [2.05, 4.69) is 28.1 Å². The molecular weight excluding hydrogens is 288 g/mol. The van der Waals surface area contributed by atoms with E-state index in [4.69, 9.17) is 5.26 Å². The van der Waals surface area contributed by atoms with E-state index < -0.39 is 6.10 Å². The number of nitriles is 1. The van der Waals surface area contributed by atoms with E-state index in [0.29, 0.717) is 18.0 Å². The lowest BCUT2D eigenvalue weighted by atomic mass is 9.89. The molecule has 0 saturated carbocycles. The highest BCUT2D eigenvalue weighted by molar-refractivity contribution is 5.32. The summed E-state index contributed by atoms with van der Waals surface area (Å²) in [6.45, 7) is 4.69. The third kappa shape index (κ3) is 3.61. The SMILES string of the molecule is Cc1[nH]ncc1C1CCN(CC(O)c2ccc(C#N)cc2)CC1. The van der Waals surface area contributed by atoms with Crippen LogP contribution >= 0.6 is 0 Å². The van der Waals surface area contributed by atoms with Gasteiger partial charge in [0.25, 0.3) is 0 Å². The normalized spacial score (nSPS) is 17.8. The van der Waals surface area contributed by atoms with Crippen molar-refractivity contribution in [1.29, 1.82) is 5.26 Å². The van der Waals surface area contributed by atoms with Crippen LogP contribution in [0.5, 0.6) is 0 Å². The third-order valence-corrected chi connectivity index (χ3v) is 4.75. The van der Waals surface area contributed by atoms with E-state index in [1.165, 1.54) is 11.3 Å². The van der Waals surface area contributed by atoms with E-state index in [-0.39, 0.29) is 0 Å². The van der Waals surface area contributed by atoms with Crippen LogP contribution in [0.3, 0.4) is 0 Å². The number of likely N-dealkylation sites (tertiary alicyclic amines) is 1. The zero-order valence-electron chi connectivity index (χ0n) is 13.4. The summed E-state index contributed by atoms with van der Waals surface area (Å²) < 4.78 is 0. The molecule has 1 aliphatic rings. The van der Waals surface area contributed by atoms with Crippen LogP contribution in [0.4, 0.5) is 0 Å². The smallest absolute Gasteiger partial charge is 0.0991 e. The van der Waals surface area contributed by atoms with Gasteiger partial charge in [-0.3, -0.25) is 5.10 Å². The Morgan fingerprint density at radius 1 is 1.35 bits per heavy atom. The van der Waals surface area contributed by atoms with Crippen LogP contribution in [0, 0.1) is 18.3 Å². The largest absolute Gasteiger partial charge is 0.387 e. The highest BCUT2D eigenvalue weighted by Gasteiger charge is 2.24. The molecule has 1 aliphatic heterocycles. The van der Waals surface area contributed by atoms with Crippen molar-refractivity contribution in [3.8, 4) is 6.07 Å². The summed E-state index contributed by atoms with van der Waals surface area (Å²) in [5, 5.41) is 26.3. The Labute approximate surface area is 136 Å². The summed E-state index contributed by atoms with van der Waals surface area (Å²) in [7, 11) is 0. The number of rotatable bonds is 4. The van der Waals surface area contributed by atoms with Crippen LogP contribution in [-0.4, -0.2) is 39.8 Å². The van der Waals surface area contributed by atoms with Gasteiger partial charge in [0, 0.05) is 12.2 Å². The third-order valence-electron chi connectivity index (χ3n) is 4.75. The number of aliphatic hydroxyl groups excluding tert-OH is 1. The molecule has 0 aliphatic carbocycles. The second-order valence-corrected chi connectivity index (χ2v) is 6.27. The number of β-amino-alcohol motifs (C(OH)–C–C–N with tert-alkyl or cyclic N) is 1. The Kier molecular flexibility index (Phi) is 4.75. The number of aryl methyl sites for hydroxylation is 1. The molecule has 1 atom stereocenters. The summed E-state index contributed by atoms with van der Waals surface area (Å²) in [5.74, 6) is 0.567. The van der Waals surface area contributed by atoms with Gasteiger partial charge in [-0.15, -0.1) is 0 Å². The monoisotopic (exact) mass is 310 g/mol. The molecular formula is C18H22N4O. The van der Waals surface area contributed by atoms with Crippen molar-refractivity contribution in [1.82, 2.24) is 15.1 Å². The van der Waals surface area contributed by atoms with Crippen molar-refractivity contribution in [2.75, 3.05) is 19.6 Å². The van der Waals surface area contributed by atoms with Gasteiger partial charge < -0.3 is 10.0 Å². The highest BCUT2D eigenvalue weighted by atomic mass is 16.3. The molecule has 0 bridgehead atoms. The molecule has 23 heavy (non-hydrogen) atoms. The number of nitrogens with zero attached hydrogens (tertiary/aromatic N) is 3. The number of aromatic nitrogens is 2. The summed E-state index contributed by atoms with van der Waals surface area (Å²) in [4.78, 5) is 2.31. The van der Waals surface area contributed by atoms with Gasteiger partial charge in [-0.25, -0.2) is 0 Å². The summed E-state index contributed by atoms with van der Waals surface area (Å²) in [6, 6.07) is 9.29. The van der Waals surface area contributed by atoms with Crippen LogP contribution in [0.2, 0.25) is 0 Å². The molecule has 0 spiro atoms. The van der Waals surface area contributed by atoms with Crippen LogP contribution in [0.1, 0.15) is 47.2 Å². The number of nitrogens with one attached hydrogen (secondary N) is 1. The average Bonchev–Trinajstić information content (AvgIpc) is 3.01. The van der Waals surface area contributed by atoms with E-state index in [1.54, 1.807) is 12.1 Å². The zero-order valence-corrected chi connectivity index (χ0v) is 13.4. The maximum atomic E-state index is 10.4. The Morgan fingerprint density at radius 3 is 2.61 bits per heavy atom. The lowest BCUT2D eigenvalue weighted by Crippen LogP contribution is -2.36. The van der Waals surface area contributed by atoms with Crippen molar-refractivity contribution < 1.29 is 5.11 Å². The Bertz CT molecular complexity index is 678. The van der Waals surface area contributed by atoms with Gasteiger partial charge in [0.15, 0.2) is 0 Å². The predicted molar refractivity (Wildman–Crippen MR) is 87.9 cm³/mol. The standard InChI is InChI=1S/C18H22N4O/c1-13-17(11-20-21-13)15-6-8-22(9-7-15)12-18(23)16-4-2-14(10-19)3-5-16/h2-5,11,15,18,23H,6-9,12H2,1H3,(H,20,21). The van der Waals surface area contributed by atoms with Crippen molar-refractivity contribution in [3.05, 3.63) is 52.8 Å². The molecule has 1 aromatic carbocycles. The van der Waals surface area contributed by atoms with E-state index >= 15 is 0 Å². The lowest BCUT2D eigenvalue weighted by Gasteiger charge is -2.33. The maximum Gasteiger partial charge on any atom is 0.0991 e. The van der Waals surface area contributed by atoms with Gasteiger partial charge >= 0.3 is 0 Å². The summed E-state index contributed by atoms with van der Waals surface area (Å²) >= 11 is 0. The number of hydrogen-bond acceptors (Lipinski definition) is 4. The van der Waals surface area contributed by atoms with Crippen molar-refractivity contribution in [3.63, 3.8) is 0 Å². The van der Waals surface area contributed by atoms with Crippen molar-refractivity contribution in [2.24, 2.45) is 0 Å². The molecule has 2 aromatic rings. The van der Waals surface area contributed by atoms with Gasteiger partial charge in [-0.05, 0) is 62.0 Å². The van der Waals surface area contributed by atoms with E-state index in [1.807, 2.05) is 18.3 Å². The van der Waals surface area contributed by atoms with Crippen molar-refractivity contribution >= 4 is 0 Å². The van der Waals surface area contributed by atoms with Gasteiger partial charge in [-0.2, -0.15) is 10.4 Å². The highest BCUT2D eigenvalue weighted by Crippen LogP contribution is 2.30. The molecule has 5 heteroatoms. The van der Waals surface area contributed by atoms with Gasteiger partial charge in [0.2, 0.25) is 0 Å². The van der Waals surface area contributed by atoms with Gasteiger partial charge in [0.05, 0.1) is 23.9 Å². The molecule has 1 unspecified atom stereocenters. The van der Waals surface area contributed by atoms with Crippen LogP contribution in [0.15, 0.2) is 30.5 Å². The van der Waals surface area contributed by atoms with E-state index in [9.17, 15) is 5.11 Å². The number of hydrogen-bond donors (Lipinski definition) is 2. The lowest BCUT2D eigenvalue weighted by molar-refractivity contribution is 0.0972. The minimum absolute atomic E-state index is 0.505. The zero-order chi connectivity index (χ0) is 16.2. The minimum atomic E-state index is -0.505. The Morgan fingerprint density at radius 2 is 2.04 bits per heavy atom. The van der Waals surface area contributed by atoms with Gasteiger partial charge in [-0.1, -0.05) is 12.1 Å². The first-order valence-corrected chi connectivity index (χ1v) is 8.07. The Balaban J connectivity index is 1.54. The average molecular weight is 310 g/mol. The first-order valence-electron chi connectivity index (χ1n) is 8.07. The number of aromatic amines is 1. The second-order valence-electron chi connectivity index (χ2n) is 6.27. The van der Waals surface area contributed by atoms with Gasteiger partial charge in [0.1, 0.15) is 0 Å². The molecule has 0 amide bonds. The first kappa shape index (κ1) is 15.7. The fourth-order valence-corrected chi connectivity index (χ4v) is 3.33. The second kappa shape index (κ2) is 6.95. The fourth-order valence-electron chi connectivity index (χ4n) is 3.33. The number of H-pyrrole nitrogens is 1. The topological polar surface area (TPSA) is 75.9 Å². The van der Waals surface area contributed by atoms with Crippen molar-refractivity contribution in [2.45, 2.75) is 31.8 Å². The van der Waals surface area contributed by atoms with Crippen LogP contribution in [0.25, 0.3) is 0 Å². The summed E-state index contributed by atoms with van der Waals surface area (Å²) in [5.41, 5.74) is 3.99. The number of benzene rings is 1. The first-order chi connectivity index (χ1) is 11.2. The molecule has 1 aromatic heterocycles. The molecule has 5 nitrogen and oxygen atoms in total. The molecule has 2 heterocycles. The minimum Gasteiger partial charge on any atom is -0.387 e. The predicted octanol–water partition coefficient (Wildman–Crippen LogP) is 2.50. The number of aliphatic hydroxyl groups is 1. The molecule has 0 radical (unpaired) electrons. The molecule has 3 rings (SSSR count). The quantitative estimate of drug-likeness (QED) is 0.910. The molecule has 1 fully saturated rings.